The van der Waals surface area contributed by atoms with Gasteiger partial charge in [0.1, 0.15) is 6.04 Å². The van der Waals surface area contributed by atoms with E-state index in [4.69, 9.17) is 11.0 Å². The molecule has 2 unspecified atom stereocenters. The summed E-state index contributed by atoms with van der Waals surface area (Å²) < 4.78 is 0. The zero-order valence-electron chi connectivity index (χ0n) is 6.15. The van der Waals surface area contributed by atoms with Gasteiger partial charge in [-0.15, -0.1) is 0 Å². The Balaban J connectivity index is 3.41. The maximum Gasteiger partial charge on any atom is 0.107 e. The lowest BCUT2D eigenvalue weighted by molar-refractivity contribution is -1.07. The van der Waals surface area contributed by atoms with Gasteiger partial charge in [-0.25, -0.2) is 5.21 Å². The fraction of sp³-hybridized carbons (Fsp3) is 1.00. The van der Waals surface area contributed by atoms with Crippen LogP contribution in [0.4, 0.5) is 0 Å². The SMILES string of the molecule is CCCC(CC)[NH+]([NH-])O. The highest BCUT2D eigenvalue weighted by molar-refractivity contribution is 4.48. The molecule has 2 atom stereocenters. The molecule has 0 aliphatic heterocycles. The van der Waals surface area contributed by atoms with E-state index >= 15 is 0 Å². The number of hydroxylamine groups is 1. The van der Waals surface area contributed by atoms with Gasteiger partial charge in [-0.05, 0) is 6.42 Å². The Morgan fingerprint density at radius 1 is 1.56 bits per heavy atom. The molecule has 0 saturated carbocycles. The van der Waals surface area contributed by atoms with Crippen molar-refractivity contribution in [2.45, 2.75) is 39.2 Å². The fourth-order valence-electron chi connectivity index (χ4n) is 0.883. The lowest BCUT2D eigenvalue weighted by atomic mass is 10.1. The Morgan fingerprint density at radius 3 is 2.22 bits per heavy atom. The highest BCUT2D eigenvalue weighted by Gasteiger charge is 2.08. The molecule has 56 valence electrons. The van der Waals surface area contributed by atoms with Gasteiger partial charge in [-0.1, -0.05) is 20.3 Å². The normalized spacial score (nSPS) is 17.3. The monoisotopic (exact) mass is 132 g/mol. The molecule has 0 radical (unpaired) electrons. The van der Waals surface area contributed by atoms with E-state index in [2.05, 4.69) is 6.92 Å². The van der Waals surface area contributed by atoms with Gasteiger partial charge in [-0.3, -0.25) is 5.17 Å². The summed E-state index contributed by atoms with van der Waals surface area (Å²) in [5.74, 6) is 6.91. The molecule has 0 heterocycles. The van der Waals surface area contributed by atoms with Crippen molar-refractivity contribution in [2.24, 2.45) is 0 Å². The van der Waals surface area contributed by atoms with Crippen molar-refractivity contribution in [1.29, 1.82) is 0 Å². The summed E-state index contributed by atoms with van der Waals surface area (Å²) in [7, 11) is 0. The fourth-order valence-corrected chi connectivity index (χ4v) is 0.883. The number of quaternary nitrogens is 1. The molecular weight excluding hydrogens is 116 g/mol. The second-order valence-corrected chi connectivity index (χ2v) is 2.28. The van der Waals surface area contributed by atoms with E-state index in [1.165, 1.54) is 0 Å². The second-order valence-electron chi connectivity index (χ2n) is 2.28. The van der Waals surface area contributed by atoms with Gasteiger partial charge in [0.15, 0.2) is 0 Å². The molecule has 0 spiro atoms. The van der Waals surface area contributed by atoms with Crippen molar-refractivity contribution in [3.8, 4) is 0 Å². The molecule has 0 rings (SSSR count). The molecular formula is C6H16N2O. The third-order valence-corrected chi connectivity index (χ3v) is 1.52. The number of hydrogen-bond donors (Lipinski definition) is 2. The summed E-state index contributed by atoms with van der Waals surface area (Å²) in [6, 6.07) is 0.106. The molecule has 3 nitrogen and oxygen atoms in total. The largest absolute Gasteiger partial charge is 0.434 e. The van der Waals surface area contributed by atoms with Gasteiger partial charge >= 0.3 is 0 Å². The first-order valence-corrected chi connectivity index (χ1v) is 3.49. The van der Waals surface area contributed by atoms with Crippen LogP contribution in [0.2, 0.25) is 0 Å². The molecule has 0 aliphatic carbocycles. The standard InChI is InChI=1S/C6H16N2O/c1-3-5-6(4-2)8(7)9/h6-9H,3-5H2,1-2H3. The van der Waals surface area contributed by atoms with Crippen LogP contribution >= 0.6 is 0 Å². The average molecular weight is 132 g/mol. The van der Waals surface area contributed by atoms with Gasteiger partial charge in [0.05, 0.1) is 0 Å². The van der Waals surface area contributed by atoms with Crippen molar-refractivity contribution < 1.29 is 10.4 Å². The van der Waals surface area contributed by atoms with Crippen LogP contribution in [0.5, 0.6) is 0 Å². The summed E-state index contributed by atoms with van der Waals surface area (Å²) in [4.78, 5) is 0. The van der Waals surface area contributed by atoms with Crippen molar-refractivity contribution in [1.82, 2.24) is 0 Å². The Hall–Kier alpha value is -0.120. The molecule has 9 heavy (non-hydrogen) atoms. The summed E-state index contributed by atoms with van der Waals surface area (Å²) in [6.07, 6.45) is 2.86. The van der Waals surface area contributed by atoms with E-state index in [9.17, 15) is 0 Å². The Bertz CT molecular complexity index is 66.1. The first-order valence-electron chi connectivity index (χ1n) is 3.49. The van der Waals surface area contributed by atoms with E-state index < -0.39 is 0 Å². The van der Waals surface area contributed by atoms with E-state index in [0.29, 0.717) is 0 Å². The molecule has 3 heteroatoms. The topological polar surface area (TPSA) is 48.5 Å². The minimum absolute atomic E-state index is 0.106. The van der Waals surface area contributed by atoms with Crippen LogP contribution < -0.4 is 5.17 Å². The van der Waals surface area contributed by atoms with Crippen LogP contribution in [0.3, 0.4) is 0 Å². The molecule has 0 aromatic carbocycles. The maximum atomic E-state index is 8.73. The number of rotatable bonds is 4. The lowest BCUT2D eigenvalue weighted by Gasteiger charge is -2.21. The van der Waals surface area contributed by atoms with Gasteiger partial charge in [0.2, 0.25) is 0 Å². The quantitative estimate of drug-likeness (QED) is 0.546. The third-order valence-electron chi connectivity index (χ3n) is 1.52. The summed E-state index contributed by atoms with van der Waals surface area (Å²) in [6.45, 7) is 4.05. The first-order chi connectivity index (χ1) is 4.22. The highest BCUT2D eigenvalue weighted by Crippen LogP contribution is 1.95. The predicted octanol–water partition coefficient (Wildman–Crippen LogP) is 0.806. The van der Waals surface area contributed by atoms with Crippen LogP contribution in [0.15, 0.2) is 0 Å². The third kappa shape index (κ3) is 3.46. The highest BCUT2D eigenvalue weighted by atomic mass is 16.5. The van der Waals surface area contributed by atoms with Crippen LogP contribution in [0, 0.1) is 0 Å². The van der Waals surface area contributed by atoms with Crippen LogP contribution in [0.25, 0.3) is 5.84 Å². The van der Waals surface area contributed by atoms with E-state index in [1.54, 1.807) is 0 Å². The summed E-state index contributed by atoms with van der Waals surface area (Å²) in [5, 5.41) is 8.57. The first kappa shape index (κ1) is 8.88. The molecule has 0 aromatic heterocycles. The summed E-state index contributed by atoms with van der Waals surface area (Å²) in [5.41, 5.74) is 0. The van der Waals surface area contributed by atoms with Crippen molar-refractivity contribution in [3.63, 3.8) is 0 Å². The van der Waals surface area contributed by atoms with E-state index in [1.807, 2.05) is 6.92 Å². The van der Waals surface area contributed by atoms with Gasteiger partial charge < -0.3 is 5.84 Å². The summed E-state index contributed by atoms with van der Waals surface area (Å²) >= 11 is 0. The maximum absolute atomic E-state index is 8.73. The minimum Gasteiger partial charge on any atom is -0.434 e. The number of hydrogen-bond acceptors (Lipinski definition) is 1. The van der Waals surface area contributed by atoms with Crippen LogP contribution in [-0.4, -0.2) is 11.2 Å². The molecule has 0 aromatic rings. The molecule has 0 saturated heterocycles. The van der Waals surface area contributed by atoms with Crippen molar-refractivity contribution >= 4 is 0 Å². The Morgan fingerprint density at radius 2 is 2.11 bits per heavy atom. The smallest absolute Gasteiger partial charge is 0.107 e. The van der Waals surface area contributed by atoms with Gasteiger partial charge in [0, 0.05) is 6.42 Å². The Kier molecular flexibility index (Phi) is 4.67. The Labute approximate surface area is 56.4 Å². The van der Waals surface area contributed by atoms with E-state index in [0.717, 1.165) is 19.3 Å². The molecule has 0 amide bonds. The van der Waals surface area contributed by atoms with E-state index in [-0.39, 0.29) is 11.2 Å². The van der Waals surface area contributed by atoms with Crippen molar-refractivity contribution in [2.75, 3.05) is 0 Å². The molecule has 0 bridgehead atoms. The van der Waals surface area contributed by atoms with Crippen LogP contribution in [0.1, 0.15) is 33.1 Å². The molecule has 3 N–H and O–H groups in total. The zero-order chi connectivity index (χ0) is 7.28. The van der Waals surface area contributed by atoms with Crippen molar-refractivity contribution in [3.05, 3.63) is 5.84 Å². The second kappa shape index (κ2) is 4.73. The number of nitrogens with one attached hydrogen (secondary N) is 2. The predicted molar refractivity (Wildman–Crippen MR) is 36.1 cm³/mol. The molecule has 0 fully saturated rings. The van der Waals surface area contributed by atoms with Gasteiger partial charge in [-0.2, -0.15) is 0 Å². The lowest BCUT2D eigenvalue weighted by Crippen LogP contribution is -3.07. The zero-order valence-corrected chi connectivity index (χ0v) is 6.15. The minimum atomic E-state index is -0.153. The average Bonchev–Trinajstić information content (AvgIpc) is 1.82. The van der Waals surface area contributed by atoms with Crippen LogP contribution in [-0.2, 0) is 0 Å². The molecule has 0 aliphatic rings. The van der Waals surface area contributed by atoms with Gasteiger partial charge in [0.25, 0.3) is 0 Å².